The molecule has 0 atom stereocenters. The van der Waals surface area contributed by atoms with E-state index in [9.17, 15) is 8.42 Å². The van der Waals surface area contributed by atoms with Crippen LogP contribution < -0.4 is 0 Å². The highest BCUT2D eigenvalue weighted by Crippen LogP contribution is 2.26. The molecule has 0 aliphatic carbocycles. The fraction of sp³-hybridized carbons (Fsp3) is 0.250. The Balaban J connectivity index is 3.32. The van der Waals surface area contributed by atoms with Crippen molar-refractivity contribution >= 4 is 48.0 Å². The van der Waals surface area contributed by atoms with Crippen LogP contribution in [0.1, 0.15) is 11.1 Å². The van der Waals surface area contributed by atoms with E-state index in [2.05, 4.69) is 10.0 Å². The van der Waals surface area contributed by atoms with Crippen LogP contribution >= 0.6 is 33.3 Å². The highest BCUT2D eigenvalue weighted by atomic mass is 127. The lowest BCUT2D eigenvalue weighted by Gasteiger charge is -2.07. The molecule has 0 aromatic heterocycles. The predicted octanol–water partition coefficient (Wildman–Crippen LogP) is 3.61. The van der Waals surface area contributed by atoms with Crippen molar-refractivity contribution in [2.45, 2.75) is 12.7 Å². The molecule has 0 unspecified atom stereocenters. The van der Waals surface area contributed by atoms with Gasteiger partial charge in [0.1, 0.15) is 0 Å². The first-order valence-corrected chi connectivity index (χ1v) is 7.65. The summed E-state index contributed by atoms with van der Waals surface area (Å²) in [5.41, 5.74) is 10.1. The van der Waals surface area contributed by atoms with E-state index in [4.69, 9.17) is 16.2 Å². The van der Waals surface area contributed by atoms with Gasteiger partial charge in [0.25, 0.3) is 0 Å². The molecule has 0 amide bonds. The van der Waals surface area contributed by atoms with Crippen molar-refractivity contribution in [1.29, 1.82) is 0 Å². The topological polar surface area (TPSA) is 82.9 Å². The molecule has 0 N–H and O–H groups in total. The summed E-state index contributed by atoms with van der Waals surface area (Å²) in [6.45, 7) is 1.79. The van der Waals surface area contributed by atoms with Gasteiger partial charge < -0.3 is 0 Å². The van der Waals surface area contributed by atoms with Crippen LogP contribution in [0.2, 0.25) is 0 Å². The van der Waals surface area contributed by atoms with Gasteiger partial charge in [0.05, 0.1) is 5.75 Å². The quantitative estimate of drug-likeness (QED) is 0.267. The van der Waals surface area contributed by atoms with Gasteiger partial charge in [-0.15, -0.1) is 0 Å². The first kappa shape index (κ1) is 13.6. The normalized spacial score (nSPS) is 10.9. The minimum atomic E-state index is -3.61. The number of benzene rings is 1. The molecule has 0 radical (unpaired) electrons. The maximum Gasteiger partial charge on any atom is 0.236 e. The van der Waals surface area contributed by atoms with Crippen molar-refractivity contribution < 1.29 is 8.42 Å². The summed E-state index contributed by atoms with van der Waals surface area (Å²) in [6, 6.07) is 3.21. The Morgan fingerprint density at radius 3 is 2.69 bits per heavy atom. The van der Waals surface area contributed by atoms with E-state index in [1.54, 1.807) is 13.0 Å². The zero-order valence-corrected chi connectivity index (χ0v) is 11.9. The van der Waals surface area contributed by atoms with Gasteiger partial charge in [0.2, 0.25) is 9.05 Å². The molecule has 0 aliphatic heterocycles. The molecule has 0 aliphatic rings. The van der Waals surface area contributed by atoms with E-state index in [1.165, 1.54) is 6.07 Å². The van der Waals surface area contributed by atoms with E-state index in [0.717, 1.165) is 9.13 Å². The molecule has 0 heterocycles. The molecule has 0 saturated carbocycles. The number of hydrogen-bond donors (Lipinski definition) is 0. The average molecular weight is 372 g/mol. The Hall–Kier alpha value is -0.500. The molecule has 1 aromatic rings. The first-order valence-electron chi connectivity index (χ1n) is 4.10. The zero-order chi connectivity index (χ0) is 12.3. The second-order valence-electron chi connectivity index (χ2n) is 3.08. The van der Waals surface area contributed by atoms with Crippen molar-refractivity contribution in [3.63, 3.8) is 0 Å². The minimum Gasteiger partial charge on any atom is -0.212 e. The zero-order valence-electron chi connectivity index (χ0n) is 8.18. The van der Waals surface area contributed by atoms with Crippen LogP contribution in [-0.4, -0.2) is 8.42 Å². The van der Waals surface area contributed by atoms with Gasteiger partial charge in [-0.05, 0) is 58.3 Å². The molecule has 0 saturated heterocycles. The average Bonchev–Trinajstić information content (AvgIpc) is 2.11. The van der Waals surface area contributed by atoms with Crippen LogP contribution in [0.3, 0.4) is 0 Å². The molecule has 0 bridgehead atoms. The van der Waals surface area contributed by atoms with Gasteiger partial charge in [-0.25, -0.2) is 8.42 Å². The van der Waals surface area contributed by atoms with Gasteiger partial charge in [0.15, 0.2) is 0 Å². The third-order valence-corrected chi connectivity index (χ3v) is 4.03. The monoisotopic (exact) mass is 371 g/mol. The van der Waals surface area contributed by atoms with Crippen molar-refractivity contribution in [1.82, 2.24) is 0 Å². The summed E-state index contributed by atoms with van der Waals surface area (Å²) in [5.74, 6) is -0.273. The van der Waals surface area contributed by atoms with Crippen LogP contribution in [-0.2, 0) is 14.8 Å². The first-order chi connectivity index (χ1) is 7.33. The lowest BCUT2D eigenvalue weighted by molar-refractivity contribution is 0.609. The summed E-state index contributed by atoms with van der Waals surface area (Å²) in [4.78, 5) is 2.65. The predicted molar refractivity (Wildman–Crippen MR) is 71.2 cm³/mol. The van der Waals surface area contributed by atoms with Crippen molar-refractivity contribution in [2.75, 3.05) is 0 Å². The number of hydrogen-bond acceptors (Lipinski definition) is 3. The highest BCUT2D eigenvalue weighted by molar-refractivity contribution is 14.1. The maximum absolute atomic E-state index is 11.0. The summed E-state index contributed by atoms with van der Waals surface area (Å²) in [7, 11) is 1.57. The Morgan fingerprint density at radius 1 is 1.56 bits per heavy atom. The fourth-order valence-corrected chi connectivity index (χ4v) is 2.85. The van der Waals surface area contributed by atoms with Crippen molar-refractivity contribution in [2.24, 2.45) is 5.11 Å². The fourth-order valence-electron chi connectivity index (χ4n) is 1.16. The molecular formula is C8H7ClIN3O2S. The van der Waals surface area contributed by atoms with E-state index < -0.39 is 9.05 Å². The molecule has 8 heteroatoms. The molecular weight excluding hydrogens is 365 g/mol. The summed E-state index contributed by atoms with van der Waals surface area (Å²) in [6.07, 6.45) is 0. The standard InChI is InChI=1S/C8H7ClIN3O2S/c1-5-6(4-16(9,14)15)2-7(12-13-11)3-8(5)10/h2-3H,4H2,1H3. The largest absolute Gasteiger partial charge is 0.236 e. The molecule has 1 aromatic carbocycles. The van der Waals surface area contributed by atoms with Crippen LogP contribution in [0.25, 0.3) is 10.4 Å². The second kappa shape index (κ2) is 5.22. The number of nitrogens with zero attached hydrogens (tertiary/aromatic N) is 3. The van der Waals surface area contributed by atoms with Gasteiger partial charge in [-0.2, -0.15) is 0 Å². The Bertz CT molecular complexity index is 567. The van der Waals surface area contributed by atoms with E-state index >= 15 is 0 Å². The van der Waals surface area contributed by atoms with Crippen molar-refractivity contribution in [3.8, 4) is 0 Å². The Labute approximate surface area is 111 Å². The maximum atomic E-state index is 11.0. The molecule has 1 rings (SSSR count). The van der Waals surface area contributed by atoms with Gasteiger partial charge in [-0.3, -0.25) is 0 Å². The molecule has 5 nitrogen and oxygen atoms in total. The van der Waals surface area contributed by atoms with Gasteiger partial charge >= 0.3 is 0 Å². The van der Waals surface area contributed by atoms with E-state index in [0.29, 0.717) is 11.3 Å². The van der Waals surface area contributed by atoms with Gasteiger partial charge in [-0.1, -0.05) is 5.11 Å². The summed E-state index contributed by atoms with van der Waals surface area (Å²) < 4.78 is 22.8. The number of rotatable bonds is 3. The molecule has 86 valence electrons. The lowest BCUT2D eigenvalue weighted by atomic mass is 10.1. The van der Waals surface area contributed by atoms with E-state index in [1.807, 2.05) is 22.6 Å². The summed E-state index contributed by atoms with van der Waals surface area (Å²) in [5, 5.41) is 3.44. The molecule has 16 heavy (non-hydrogen) atoms. The lowest BCUT2D eigenvalue weighted by Crippen LogP contribution is -1.99. The van der Waals surface area contributed by atoms with E-state index in [-0.39, 0.29) is 5.75 Å². The Morgan fingerprint density at radius 2 is 2.19 bits per heavy atom. The Kier molecular flexibility index (Phi) is 4.43. The summed E-state index contributed by atoms with van der Waals surface area (Å²) >= 11 is 2.05. The second-order valence-corrected chi connectivity index (χ2v) is 7.02. The molecule has 0 spiro atoms. The highest BCUT2D eigenvalue weighted by Gasteiger charge is 2.12. The van der Waals surface area contributed by atoms with Crippen LogP contribution in [0, 0.1) is 10.5 Å². The SMILES string of the molecule is Cc1c(I)cc(N=[N+]=[N-])cc1CS(=O)(=O)Cl. The third kappa shape index (κ3) is 3.82. The van der Waals surface area contributed by atoms with Crippen LogP contribution in [0.15, 0.2) is 17.2 Å². The molecule has 0 fully saturated rings. The number of azide groups is 1. The number of halogens is 2. The van der Waals surface area contributed by atoms with Gasteiger partial charge in [0, 0.05) is 24.9 Å². The third-order valence-electron chi connectivity index (χ3n) is 1.92. The van der Waals surface area contributed by atoms with Crippen molar-refractivity contribution in [3.05, 3.63) is 37.3 Å². The van der Waals surface area contributed by atoms with Crippen LogP contribution in [0.5, 0.6) is 0 Å². The van der Waals surface area contributed by atoms with Crippen LogP contribution in [0.4, 0.5) is 5.69 Å². The minimum absolute atomic E-state index is 0.273. The smallest absolute Gasteiger partial charge is 0.212 e.